The second-order valence-corrected chi connectivity index (χ2v) is 12.7. The van der Waals surface area contributed by atoms with E-state index in [1.807, 2.05) is 83.3 Å². The van der Waals surface area contributed by atoms with Crippen LogP contribution in [-0.2, 0) is 43.5 Å². The highest BCUT2D eigenvalue weighted by atomic mass is 127. The van der Waals surface area contributed by atoms with Crippen molar-refractivity contribution in [3.05, 3.63) is 117 Å². The maximum atomic E-state index is 14.0. The normalized spacial score (nSPS) is 17.5. The number of nitrogens with zero attached hydrogens (tertiary/aromatic N) is 1. The molecule has 1 heterocycles. The van der Waals surface area contributed by atoms with Crippen molar-refractivity contribution in [3.63, 3.8) is 0 Å². The van der Waals surface area contributed by atoms with Gasteiger partial charge in [-0.3, -0.25) is 14.5 Å². The molecule has 254 valence electrons. The number of phenolic OH excluding ortho intramolecular Hbond substituents is 1. The summed E-state index contributed by atoms with van der Waals surface area (Å²) in [4.78, 5) is 54.7. The van der Waals surface area contributed by atoms with Crippen molar-refractivity contribution >= 4 is 46.5 Å². The van der Waals surface area contributed by atoms with E-state index < -0.39 is 42.0 Å². The molecule has 0 spiro atoms. The van der Waals surface area contributed by atoms with Crippen LogP contribution in [0.2, 0.25) is 0 Å². The number of hydrogen-bond donors (Lipinski definition) is 3. The summed E-state index contributed by atoms with van der Waals surface area (Å²) in [7, 11) is 2.65. The fourth-order valence-electron chi connectivity index (χ4n) is 5.46. The van der Waals surface area contributed by atoms with E-state index in [-0.39, 0.29) is 25.4 Å². The van der Waals surface area contributed by atoms with Gasteiger partial charge in [0.15, 0.2) is 0 Å². The molecule has 3 amide bonds. The lowest BCUT2D eigenvalue weighted by atomic mass is 9.94. The average Bonchev–Trinajstić information content (AvgIpc) is 3.11. The number of rotatable bonds is 7. The molecular formula is C37H36IN3O8. The molecule has 49 heavy (non-hydrogen) atoms. The molecule has 0 unspecified atom stereocenters. The first-order valence-electron chi connectivity index (χ1n) is 15.5. The van der Waals surface area contributed by atoms with Crippen molar-refractivity contribution in [2.45, 2.75) is 44.7 Å². The Kier molecular flexibility index (Phi) is 11.4. The van der Waals surface area contributed by atoms with E-state index in [0.29, 0.717) is 31.6 Å². The number of esters is 1. The fraction of sp³-hybridized carbons (Fsp3) is 0.243. The molecule has 0 aromatic heterocycles. The first-order valence-corrected chi connectivity index (χ1v) is 16.6. The lowest BCUT2D eigenvalue weighted by molar-refractivity contribution is -0.145. The van der Waals surface area contributed by atoms with E-state index >= 15 is 0 Å². The lowest BCUT2D eigenvalue weighted by Crippen LogP contribution is -2.53. The number of methoxy groups -OCH3 is 1. The number of benzene rings is 4. The predicted molar refractivity (Wildman–Crippen MR) is 189 cm³/mol. The number of halogens is 1. The second-order valence-electron chi connectivity index (χ2n) is 11.6. The number of phenols is 1. The maximum absolute atomic E-state index is 14.0. The number of hydrogen-bond acceptors (Lipinski definition) is 8. The first-order chi connectivity index (χ1) is 23.5. The van der Waals surface area contributed by atoms with Crippen LogP contribution in [0.1, 0.15) is 35.2 Å². The fourth-order valence-corrected chi connectivity index (χ4v) is 6.11. The second kappa shape index (κ2) is 15.9. The lowest BCUT2D eigenvalue weighted by Gasteiger charge is -2.29. The van der Waals surface area contributed by atoms with Crippen LogP contribution in [0.5, 0.6) is 11.5 Å². The monoisotopic (exact) mass is 777 g/mol. The van der Waals surface area contributed by atoms with E-state index in [4.69, 9.17) is 14.2 Å². The summed E-state index contributed by atoms with van der Waals surface area (Å²) < 4.78 is 17.2. The van der Waals surface area contributed by atoms with Gasteiger partial charge in [0, 0.05) is 24.6 Å². The van der Waals surface area contributed by atoms with Crippen LogP contribution in [0, 0.1) is 3.57 Å². The topological polar surface area (TPSA) is 144 Å². The third-order valence-electron chi connectivity index (χ3n) is 8.10. The summed E-state index contributed by atoms with van der Waals surface area (Å²) in [6.07, 6.45) is -0.729. The Labute approximate surface area is 297 Å². The van der Waals surface area contributed by atoms with E-state index in [1.54, 1.807) is 30.3 Å². The van der Waals surface area contributed by atoms with E-state index in [2.05, 4.69) is 10.6 Å². The highest BCUT2D eigenvalue weighted by Gasteiger charge is 2.34. The number of fused-ring (bicyclic) bond motifs is 5. The molecule has 1 aliphatic rings. The Morgan fingerprint density at radius 2 is 1.53 bits per heavy atom. The number of likely N-dealkylation sites (N-methyl/N-ethyl adjacent to an activating group) is 1. The Hall–Kier alpha value is -5.11. The molecule has 0 fully saturated rings. The van der Waals surface area contributed by atoms with Crippen LogP contribution in [0.4, 0.5) is 4.79 Å². The molecule has 0 aliphatic carbocycles. The van der Waals surface area contributed by atoms with Gasteiger partial charge in [-0.2, -0.15) is 0 Å². The minimum Gasteiger partial charge on any atom is -0.506 e. The molecule has 1 aliphatic heterocycles. The van der Waals surface area contributed by atoms with Gasteiger partial charge in [-0.05, 0) is 76.0 Å². The van der Waals surface area contributed by atoms with Gasteiger partial charge in [-0.15, -0.1) is 0 Å². The molecule has 12 heteroatoms. The summed E-state index contributed by atoms with van der Waals surface area (Å²) in [5.41, 5.74) is 3.48. The summed E-state index contributed by atoms with van der Waals surface area (Å²) in [6, 6.07) is 23.7. The van der Waals surface area contributed by atoms with Crippen LogP contribution in [-0.4, -0.2) is 60.1 Å². The third kappa shape index (κ3) is 8.49. The summed E-state index contributed by atoms with van der Waals surface area (Å²) >= 11 is 1.97. The summed E-state index contributed by atoms with van der Waals surface area (Å²) in [6.45, 7) is 1.67. The number of aromatic hydroxyl groups is 1. The standard InChI is InChI=1S/C37H36IN3O8/c1-22-34(43)40-30(36(45)47-3)17-25-14-15-31(48-20-23-10-6-4-7-11-23)27(16-25)28-18-26(19-29(38)33(28)42)32(35(44)39-22)41(2)37(46)49-21-24-12-8-5-9-13-24/h4-16,18-19,22,30,32,42H,17,20-21H2,1-3H3,(H,39,44)(H,40,43)/t22-,30-,32-/m0/s1. The number of amides is 3. The Bertz CT molecular complexity index is 1840. The van der Waals surface area contributed by atoms with Gasteiger partial charge in [-0.25, -0.2) is 9.59 Å². The number of nitrogens with one attached hydrogen (secondary N) is 2. The molecule has 4 bridgehead atoms. The van der Waals surface area contributed by atoms with E-state index in [1.165, 1.54) is 21.1 Å². The van der Waals surface area contributed by atoms with Crippen molar-refractivity contribution in [2.75, 3.05) is 14.2 Å². The maximum Gasteiger partial charge on any atom is 0.410 e. The minimum atomic E-state index is -1.29. The molecular weight excluding hydrogens is 741 g/mol. The van der Waals surface area contributed by atoms with Crippen molar-refractivity contribution < 1.29 is 38.5 Å². The quantitative estimate of drug-likeness (QED) is 0.170. The van der Waals surface area contributed by atoms with Gasteiger partial charge in [0.25, 0.3) is 0 Å². The smallest absolute Gasteiger partial charge is 0.410 e. The van der Waals surface area contributed by atoms with Gasteiger partial charge in [0.2, 0.25) is 11.8 Å². The third-order valence-corrected chi connectivity index (χ3v) is 8.92. The van der Waals surface area contributed by atoms with E-state index in [9.17, 15) is 24.3 Å². The van der Waals surface area contributed by atoms with Crippen LogP contribution < -0.4 is 15.4 Å². The van der Waals surface area contributed by atoms with Crippen LogP contribution in [0.15, 0.2) is 91.0 Å². The first kappa shape index (κ1) is 35.2. The number of carbonyl (C=O) groups excluding carboxylic acids is 4. The van der Waals surface area contributed by atoms with Crippen LogP contribution in [0.3, 0.4) is 0 Å². The van der Waals surface area contributed by atoms with Crippen molar-refractivity contribution in [1.82, 2.24) is 15.5 Å². The molecule has 5 rings (SSSR count). The predicted octanol–water partition coefficient (Wildman–Crippen LogP) is 5.27. The Morgan fingerprint density at radius 3 is 2.18 bits per heavy atom. The summed E-state index contributed by atoms with van der Waals surface area (Å²) in [5.74, 6) is -1.64. The summed E-state index contributed by atoms with van der Waals surface area (Å²) in [5, 5.41) is 16.8. The Morgan fingerprint density at radius 1 is 0.878 bits per heavy atom. The average molecular weight is 778 g/mol. The highest BCUT2D eigenvalue weighted by molar-refractivity contribution is 14.1. The molecule has 4 aromatic rings. The zero-order chi connectivity index (χ0) is 35.1. The number of ether oxygens (including phenoxy) is 3. The van der Waals surface area contributed by atoms with Gasteiger partial charge in [-0.1, -0.05) is 66.7 Å². The van der Waals surface area contributed by atoms with Crippen molar-refractivity contribution in [3.8, 4) is 22.6 Å². The zero-order valence-electron chi connectivity index (χ0n) is 27.1. The SMILES string of the molecule is COC(=O)[C@@H]1Cc2ccc(OCc3ccccc3)c(c2)-c2cc(cc(I)c2O)[C@H](N(C)C(=O)OCc2ccccc2)C(=O)N[C@@H](C)C(=O)N1. The molecule has 0 saturated carbocycles. The van der Waals surface area contributed by atoms with Gasteiger partial charge in [0.1, 0.15) is 42.8 Å². The van der Waals surface area contributed by atoms with Crippen LogP contribution >= 0.6 is 22.6 Å². The van der Waals surface area contributed by atoms with Crippen LogP contribution in [0.25, 0.3) is 11.1 Å². The molecule has 0 radical (unpaired) electrons. The molecule has 0 saturated heterocycles. The Balaban J connectivity index is 1.62. The molecule has 3 atom stereocenters. The molecule has 11 nitrogen and oxygen atoms in total. The van der Waals surface area contributed by atoms with E-state index in [0.717, 1.165) is 16.0 Å². The largest absolute Gasteiger partial charge is 0.506 e. The minimum absolute atomic E-state index is 0.0284. The highest BCUT2D eigenvalue weighted by Crippen LogP contribution is 2.42. The van der Waals surface area contributed by atoms with Gasteiger partial charge >= 0.3 is 12.1 Å². The number of carbonyl (C=O) groups is 4. The van der Waals surface area contributed by atoms with Crippen molar-refractivity contribution in [2.24, 2.45) is 0 Å². The molecule has 4 aromatic carbocycles. The van der Waals surface area contributed by atoms with Gasteiger partial charge < -0.3 is 30.0 Å². The van der Waals surface area contributed by atoms with Gasteiger partial charge in [0.05, 0.1) is 10.7 Å². The molecule has 3 N–H and O–H groups in total. The van der Waals surface area contributed by atoms with Crippen molar-refractivity contribution in [1.29, 1.82) is 0 Å². The zero-order valence-corrected chi connectivity index (χ0v) is 29.3.